The number of hydrogen-bond donors (Lipinski definition) is 1. The lowest BCUT2D eigenvalue weighted by Crippen LogP contribution is -2.40. The first kappa shape index (κ1) is 25.3. The number of benzene rings is 1. The van der Waals surface area contributed by atoms with Gasteiger partial charge in [0, 0.05) is 29.8 Å². The van der Waals surface area contributed by atoms with Gasteiger partial charge in [-0.3, -0.25) is 9.69 Å². The zero-order chi connectivity index (χ0) is 23.8. The summed E-state index contributed by atoms with van der Waals surface area (Å²) in [6.45, 7) is 7.63. The Morgan fingerprint density at radius 2 is 1.85 bits per heavy atom. The van der Waals surface area contributed by atoms with Gasteiger partial charge in [0.2, 0.25) is 11.8 Å². The molecule has 1 saturated heterocycles. The molecule has 2 fully saturated rings. The van der Waals surface area contributed by atoms with E-state index in [2.05, 4.69) is 53.2 Å². The molecule has 1 aliphatic carbocycles. The smallest absolute Gasteiger partial charge is 0.226 e. The van der Waals surface area contributed by atoms with Gasteiger partial charge in [-0.2, -0.15) is 11.8 Å². The minimum absolute atomic E-state index is 0.147. The number of aromatic nitrogens is 1. The molecule has 186 valence electrons. The van der Waals surface area contributed by atoms with Crippen molar-refractivity contribution >= 4 is 17.7 Å². The van der Waals surface area contributed by atoms with Crippen molar-refractivity contribution in [2.45, 2.75) is 83.4 Å². The van der Waals surface area contributed by atoms with Gasteiger partial charge in [-0.05, 0) is 82.0 Å². The Morgan fingerprint density at radius 1 is 1.12 bits per heavy atom. The zero-order valence-electron chi connectivity index (χ0n) is 21.0. The molecule has 2 aromatic rings. The van der Waals surface area contributed by atoms with Gasteiger partial charge >= 0.3 is 0 Å². The number of nitrogens with one attached hydrogen (secondary N) is 1. The van der Waals surface area contributed by atoms with Gasteiger partial charge in [-0.1, -0.05) is 38.3 Å². The van der Waals surface area contributed by atoms with Crippen molar-refractivity contribution in [3.05, 3.63) is 41.3 Å². The van der Waals surface area contributed by atoms with Crippen LogP contribution in [0.4, 0.5) is 0 Å². The van der Waals surface area contributed by atoms with Crippen LogP contribution in [0.3, 0.4) is 0 Å². The van der Waals surface area contributed by atoms with Crippen LogP contribution in [0.1, 0.15) is 75.3 Å². The van der Waals surface area contributed by atoms with Crippen LogP contribution in [0.5, 0.6) is 0 Å². The van der Waals surface area contributed by atoms with Gasteiger partial charge in [-0.15, -0.1) is 0 Å². The number of piperidine rings is 1. The van der Waals surface area contributed by atoms with E-state index in [4.69, 9.17) is 9.40 Å². The largest absolute Gasteiger partial charge is 0.441 e. The average molecular weight is 484 g/mol. The SMILES string of the molecule is CCc1ccc(-c2nc(CN3CCC(C(=O)NCCCSC4CCCCC4)CC3)c(C)o2)cc1. The molecule has 5 nitrogen and oxygen atoms in total. The molecule has 2 heterocycles. The van der Waals surface area contributed by atoms with Crippen LogP contribution in [0.15, 0.2) is 28.7 Å². The maximum absolute atomic E-state index is 12.6. The molecule has 1 aliphatic heterocycles. The highest BCUT2D eigenvalue weighted by atomic mass is 32.2. The topological polar surface area (TPSA) is 58.4 Å². The number of amides is 1. The number of carbonyl (C=O) groups is 1. The number of thioether (sulfide) groups is 1. The highest BCUT2D eigenvalue weighted by Gasteiger charge is 2.26. The van der Waals surface area contributed by atoms with Gasteiger partial charge in [0.05, 0.1) is 5.69 Å². The molecule has 0 spiro atoms. The highest BCUT2D eigenvalue weighted by molar-refractivity contribution is 7.99. The molecule has 4 rings (SSSR count). The van der Waals surface area contributed by atoms with E-state index in [1.54, 1.807) is 0 Å². The summed E-state index contributed by atoms with van der Waals surface area (Å²) in [6.07, 6.45) is 10.9. The summed E-state index contributed by atoms with van der Waals surface area (Å²) in [7, 11) is 0. The highest BCUT2D eigenvalue weighted by Crippen LogP contribution is 2.28. The minimum atomic E-state index is 0.147. The van der Waals surface area contributed by atoms with Crippen molar-refractivity contribution in [2.24, 2.45) is 5.92 Å². The van der Waals surface area contributed by atoms with Crippen molar-refractivity contribution in [3.63, 3.8) is 0 Å². The maximum atomic E-state index is 12.6. The van der Waals surface area contributed by atoms with Crippen LogP contribution in [-0.2, 0) is 17.8 Å². The molecule has 2 aliphatic rings. The fourth-order valence-electron chi connectivity index (χ4n) is 5.06. The molecule has 1 saturated carbocycles. The summed E-state index contributed by atoms with van der Waals surface area (Å²) < 4.78 is 5.97. The van der Waals surface area contributed by atoms with Crippen molar-refractivity contribution in [3.8, 4) is 11.5 Å². The number of rotatable bonds is 10. The summed E-state index contributed by atoms with van der Waals surface area (Å²) in [5, 5.41) is 4.06. The fraction of sp³-hybridized carbons (Fsp3) is 0.643. The normalized spacial score (nSPS) is 18.3. The summed E-state index contributed by atoms with van der Waals surface area (Å²) in [5.74, 6) is 3.16. The molecule has 0 bridgehead atoms. The number of hydrogen-bond acceptors (Lipinski definition) is 5. The second-order valence-corrected chi connectivity index (χ2v) is 11.3. The summed E-state index contributed by atoms with van der Waals surface area (Å²) in [6, 6.07) is 8.46. The van der Waals surface area contributed by atoms with E-state index in [1.165, 1.54) is 43.4 Å². The number of oxazole rings is 1. The van der Waals surface area contributed by atoms with Crippen molar-refractivity contribution < 1.29 is 9.21 Å². The number of carbonyl (C=O) groups excluding carboxylic acids is 1. The quantitative estimate of drug-likeness (QED) is 0.420. The standard InChI is InChI=1S/C28H41N3O2S/c1-3-22-10-12-24(13-11-22)28-30-26(21(2)33-28)20-31-17-14-23(15-18-31)27(32)29-16-7-19-34-25-8-5-4-6-9-25/h10-13,23,25H,3-9,14-20H2,1-2H3,(H,29,32). The Bertz CT molecular complexity index is 897. The minimum Gasteiger partial charge on any atom is -0.441 e. The van der Waals surface area contributed by atoms with E-state index in [0.29, 0.717) is 5.89 Å². The van der Waals surface area contributed by atoms with Gasteiger partial charge in [0.15, 0.2) is 0 Å². The predicted octanol–water partition coefficient (Wildman–Crippen LogP) is 6.00. The number of aryl methyl sites for hydroxylation is 2. The lowest BCUT2D eigenvalue weighted by atomic mass is 9.95. The second-order valence-electron chi connectivity index (χ2n) is 9.90. The van der Waals surface area contributed by atoms with Crippen LogP contribution in [0.25, 0.3) is 11.5 Å². The lowest BCUT2D eigenvalue weighted by Gasteiger charge is -2.30. The van der Waals surface area contributed by atoms with Crippen molar-refractivity contribution in [1.29, 1.82) is 0 Å². The van der Waals surface area contributed by atoms with Crippen LogP contribution >= 0.6 is 11.8 Å². The first-order valence-corrected chi connectivity index (χ1v) is 14.3. The van der Waals surface area contributed by atoms with Crippen molar-refractivity contribution in [2.75, 3.05) is 25.4 Å². The van der Waals surface area contributed by atoms with Gasteiger partial charge in [0.25, 0.3) is 0 Å². The molecular formula is C28H41N3O2S. The molecule has 0 atom stereocenters. The molecule has 1 amide bonds. The van der Waals surface area contributed by atoms with Crippen LogP contribution in [0, 0.1) is 12.8 Å². The van der Waals surface area contributed by atoms with E-state index in [1.807, 2.05) is 6.92 Å². The molecule has 6 heteroatoms. The monoisotopic (exact) mass is 483 g/mol. The maximum Gasteiger partial charge on any atom is 0.226 e. The van der Waals surface area contributed by atoms with E-state index >= 15 is 0 Å². The Morgan fingerprint density at radius 3 is 2.56 bits per heavy atom. The Kier molecular flexibility index (Phi) is 9.51. The first-order valence-electron chi connectivity index (χ1n) is 13.3. The zero-order valence-corrected chi connectivity index (χ0v) is 21.8. The van der Waals surface area contributed by atoms with Crippen molar-refractivity contribution in [1.82, 2.24) is 15.2 Å². The second kappa shape index (κ2) is 12.8. The number of likely N-dealkylation sites (tertiary alicyclic amines) is 1. The van der Waals surface area contributed by atoms with Gasteiger partial charge in [-0.25, -0.2) is 4.98 Å². The third-order valence-electron chi connectivity index (χ3n) is 7.36. The Labute approximate surface area is 209 Å². The number of nitrogens with zero attached hydrogens (tertiary/aromatic N) is 2. The van der Waals surface area contributed by atoms with E-state index in [0.717, 1.165) is 74.1 Å². The molecule has 0 radical (unpaired) electrons. The average Bonchev–Trinajstić information content (AvgIpc) is 3.24. The summed E-state index contributed by atoms with van der Waals surface area (Å²) in [4.78, 5) is 19.8. The Hall–Kier alpha value is -1.79. The predicted molar refractivity (Wildman–Crippen MR) is 141 cm³/mol. The summed E-state index contributed by atoms with van der Waals surface area (Å²) in [5.41, 5.74) is 3.35. The van der Waals surface area contributed by atoms with Gasteiger partial charge in [0.1, 0.15) is 5.76 Å². The molecule has 1 aromatic carbocycles. The summed E-state index contributed by atoms with van der Waals surface area (Å²) >= 11 is 2.12. The molecule has 1 aromatic heterocycles. The van der Waals surface area contributed by atoms with E-state index < -0.39 is 0 Å². The van der Waals surface area contributed by atoms with Crippen LogP contribution in [-0.4, -0.2) is 46.4 Å². The van der Waals surface area contributed by atoms with Gasteiger partial charge < -0.3 is 9.73 Å². The molecule has 34 heavy (non-hydrogen) atoms. The molecule has 0 unspecified atom stereocenters. The van der Waals surface area contributed by atoms with E-state index in [-0.39, 0.29) is 11.8 Å². The molecular weight excluding hydrogens is 442 g/mol. The molecule has 1 N–H and O–H groups in total. The van der Waals surface area contributed by atoms with Crippen LogP contribution < -0.4 is 5.32 Å². The lowest BCUT2D eigenvalue weighted by molar-refractivity contribution is -0.126. The Balaban J connectivity index is 1.16. The van der Waals surface area contributed by atoms with Crippen LogP contribution in [0.2, 0.25) is 0 Å². The first-order chi connectivity index (χ1) is 16.6. The fourth-order valence-corrected chi connectivity index (χ4v) is 6.37. The third kappa shape index (κ3) is 7.11. The third-order valence-corrected chi connectivity index (χ3v) is 8.83. The van der Waals surface area contributed by atoms with E-state index in [9.17, 15) is 4.79 Å².